The summed E-state index contributed by atoms with van der Waals surface area (Å²) in [5.74, 6) is 0.640. The van der Waals surface area contributed by atoms with E-state index in [0.717, 1.165) is 34.4 Å². The van der Waals surface area contributed by atoms with E-state index in [1.165, 1.54) is 37.6 Å². The molecule has 6 heteroatoms. The number of benzene rings is 2. The van der Waals surface area contributed by atoms with Gasteiger partial charge in [0.25, 0.3) is 0 Å². The zero-order valence-corrected chi connectivity index (χ0v) is 18.8. The minimum Gasteiger partial charge on any atom is -0.491 e. The third-order valence-corrected chi connectivity index (χ3v) is 6.64. The molecular weight excluding hydrogens is 398 g/mol. The average molecular weight is 428 g/mol. The molecule has 1 aliphatic carbocycles. The lowest BCUT2D eigenvalue weighted by Crippen LogP contribution is -2.19. The van der Waals surface area contributed by atoms with E-state index < -0.39 is 0 Å². The van der Waals surface area contributed by atoms with Crippen LogP contribution in [0.3, 0.4) is 0 Å². The van der Waals surface area contributed by atoms with Crippen molar-refractivity contribution in [2.45, 2.75) is 44.6 Å². The van der Waals surface area contributed by atoms with E-state index in [4.69, 9.17) is 9.72 Å². The van der Waals surface area contributed by atoms with E-state index in [9.17, 15) is 5.26 Å². The highest BCUT2D eigenvalue weighted by Gasteiger charge is 2.23. The van der Waals surface area contributed by atoms with Crippen molar-refractivity contribution in [2.75, 3.05) is 27.2 Å². The fourth-order valence-electron chi connectivity index (χ4n) is 4.92. The fourth-order valence-corrected chi connectivity index (χ4v) is 4.92. The van der Waals surface area contributed by atoms with Crippen molar-refractivity contribution in [3.05, 3.63) is 41.7 Å². The number of nitriles is 1. The van der Waals surface area contributed by atoms with Crippen molar-refractivity contribution in [3.8, 4) is 22.9 Å². The SMILES string of the molecule is CN(C)CCOc1cc(-c2ccc3c(c2)ncn3C2CCCCC2)c2c(c1C#N)CC=N2. The molecule has 1 aliphatic heterocycles. The maximum absolute atomic E-state index is 9.81. The molecule has 3 aromatic rings. The second-order valence-corrected chi connectivity index (χ2v) is 9.05. The van der Waals surface area contributed by atoms with Gasteiger partial charge in [0.15, 0.2) is 0 Å². The Morgan fingerprint density at radius 2 is 2.03 bits per heavy atom. The van der Waals surface area contributed by atoms with Crippen molar-refractivity contribution in [1.82, 2.24) is 14.5 Å². The van der Waals surface area contributed by atoms with Crippen LogP contribution in [-0.4, -0.2) is 47.9 Å². The second-order valence-electron chi connectivity index (χ2n) is 9.05. The Labute approximate surface area is 189 Å². The molecule has 1 fully saturated rings. The molecule has 2 aromatic carbocycles. The summed E-state index contributed by atoms with van der Waals surface area (Å²) in [5, 5.41) is 9.81. The number of aromatic nitrogens is 2. The zero-order valence-electron chi connectivity index (χ0n) is 18.8. The Morgan fingerprint density at radius 1 is 1.19 bits per heavy atom. The molecule has 5 rings (SSSR count). The van der Waals surface area contributed by atoms with Crippen LogP contribution in [0.25, 0.3) is 22.2 Å². The summed E-state index contributed by atoms with van der Waals surface area (Å²) >= 11 is 0. The van der Waals surface area contributed by atoms with Gasteiger partial charge in [-0.15, -0.1) is 0 Å². The maximum Gasteiger partial charge on any atom is 0.138 e. The number of imidazole rings is 1. The molecule has 0 spiro atoms. The summed E-state index contributed by atoms with van der Waals surface area (Å²) in [4.78, 5) is 11.4. The van der Waals surface area contributed by atoms with E-state index in [1.54, 1.807) is 0 Å². The van der Waals surface area contributed by atoms with Crippen LogP contribution in [0.2, 0.25) is 0 Å². The third kappa shape index (κ3) is 3.78. The molecular formula is C26H29N5O. The largest absolute Gasteiger partial charge is 0.491 e. The predicted octanol–water partition coefficient (Wildman–Crippen LogP) is 5.28. The first-order valence-electron chi connectivity index (χ1n) is 11.5. The lowest BCUT2D eigenvalue weighted by Gasteiger charge is -2.23. The molecule has 0 unspecified atom stereocenters. The molecule has 164 valence electrons. The first-order chi connectivity index (χ1) is 15.7. The van der Waals surface area contributed by atoms with Gasteiger partial charge in [0, 0.05) is 36.3 Å². The number of hydrogen-bond acceptors (Lipinski definition) is 5. The van der Waals surface area contributed by atoms with Crippen molar-refractivity contribution < 1.29 is 4.74 Å². The number of aliphatic imine (C=N–C) groups is 1. The van der Waals surface area contributed by atoms with Crippen LogP contribution in [0.1, 0.15) is 49.3 Å². The van der Waals surface area contributed by atoms with Crippen LogP contribution in [0.4, 0.5) is 5.69 Å². The quantitative estimate of drug-likeness (QED) is 0.537. The Balaban J connectivity index is 1.54. The Hall–Kier alpha value is -3.17. The Morgan fingerprint density at radius 3 is 2.81 bits per heavy atom. The monoisotopic (exact) mass is 427 g/mol. The van der Waals surface area contributed by atoms with Crippen LogP contribution in [-0.2, 0) is 6.42 Å². The van der Waals surface area contributed by atoms with Crippen molar-refractivity contribution in [3.63, 3.8) is 0 Å². The number of ether oxygens (including phenoxy) is 1. The summed E-state index contributed by atoms with van der Waals surface area (Å²) in [6, 6.07) is 11.4. The third-order valence-electron chi connectivity index (χ3n) is 6.64. The standard InChI is InChI=1S/C26H29N5O/c1-30(2)12-13-32-25-15-21(26-20(10-11-28-26)22(25)16-27)18-8-9-24-23(14-18)29-17-31(24)19-6-4-3-5-7-19/h8-9,11,14-15,17,19H,3-7,10,12-13H2,1-2H3. The highest BCUT2D eigenvalue weighted by molar-refractivity contribution is 5.93. The van der Waals surface area contributed by atoms with Gasteiger partial charge in [-0.3, -0.25) is 4.99 Å². The second kappa shape index (κ2) is 8.76. The first-order valence-corrected chi connectivity index (χ1v) is 11.5. The summed E-state index contributed by atoms with van der Waals surface area (Å²) in [5.41, 5.74) is 6.69. The topological polar surface area (TPSA) is 66.4 Å². The zero-order chi connectivity index (χ0) is 22.1. The highest BCUT2D eigenvalue weighted by atomic mass is 16.5. The van der Waals surface area contributed by atoms with Crippen LogP contribution >= 0.6 is 0 Å². The summed E-state index contributed by atoms with van der Waals surface area (Å²) in [6.07, 6.45) is 11.0. The molecule has 2 aliphatic rings. The van der Waals surface area contributed by atoms with Gasteiger partial charge in [-0.1, -0.05) is 25.3 Å². The van der Waals surface area contributed by atoms with Gasteiger partial charge in [0.1, 0.15) is 18.4 Å². The molecule has 1 saturated carbocycles. The molecule has 0 saturated heterocycles. The molecule has 2 heterocycles. The Kier molecular flexibility index (Phi) is 5.67. The van der Waals surface area contributed by atoms with E-state index in [0.29, 0.717) is 30.4 Å². The smallest absolute Gasteiger partial charge is 0.138 e. The number of rotatable bonds is 6. The van der Waals surface area contributed by atoms with E-state index >= 15 is 0 Å². The molecule has 0 radical (unpaired) electrons. The van der Waals surface area contributed by atoms with Gasteiger partial charge in [0.2, 0.25) is 0 Å². The van der Waals surface area contributed by atoms with Gasteiger partial charge >= 0.3 is 0 Å². The van der Waals surface area contributed by atoms with Gasteiger partial charge in [-0.05, 0) is 50.7 Å². The molecule has 0 amide bonds. The molecule has 0 N–H and O–H groups in total. The van der Waals surface area contributed by atoms with Gasteiger partial charge in [0.05, 0.1) is 28.6 Å². The van der Waals surface area contributed by atoms with Crippen molar-refractivity contribution >= 4 is 22.9 Å². The van der Waals surface area contributed by atoms with Crippen molar-refractivity contribution in [1.29, 1.82) is 5.26 Å². The van der Waals surface area contributed by atoms with Gasteiger partial charge < -0.3 is 14.2 Å². The first kappa shape index (κ1) is 20.7. The van der Waals surface area contributed by atoms with Crippen LogP contribution < -0.4 is 4.74 Å². The molecule has 1 aromatic heterocycles. The van der Waals surface area contributed by atoms with Crippen molar-refractivity contribution in [2.24, 2.45) is 4.99 Å². The van der Waals surface area contributed by atoms with Crippen LogP contribution in [0.15, 0.2) is 35.6 Å². The number of hydrogen-bond donors (Lipinski definition) is 0. The summed E-state index contributed by atoms with van der Waals surface area (Å²) in [6.45, 7) is 1.32. The number of fused-ring (bicyclic) bond motifs is 2. The van der Waals surface area contributed by atoms with E-state index in [1.807, 2.05) is 32.7 Å². The minimum absolute atomic E-state index is 0.533. The average Bonchev–Trinajstić information content (AvgIpc) is 3.46. The molecule has 6 nitrogen and oxygen atoms in total. The van der Waals surface area contributed by atoms with Gasteiger partial charge in [-0.25, -0.2) is 4.98 Å². The molecule has 32 heavy (non-hydrogen) atoms. The normalized spacial score (nSPS) is 15.9. The van der Waals surface area contributed by atoms with Gasteiger partial charge in [-0.2, -0.15) is 5.26 Å². The predicted molar refractivity (Wildman–Crippen MR) is 128 cm³/mol. The minimum atomic E-state index is 0.533. The fraction of sp³-hybridized carbons (Fsp3) is 0.423. The molecule has 0 bridgehead atoms. The maximum atomic E-state index is 9.81. The van der Waals surface area contributed by atoms with Crippen LogP contribution in [0, 0.1) is 11.3 Å². The number of nitrogens with zero attached hydrogens (tertiary/aromatic N) is 5. The van der Waals surface area contributed by atoms with E-state index in [2.05, 4.69) is 38.7 Å². The van der Waals surface area contributed by atoms with Crippen LogP contribution in [0.5, 0.6) is 5.75 Å². The summed E-state index contributed by atoms with van der Waals surface area (Å²) < 4.78 is 8.41. The lowest BCUT2D eigenvalue weighted by atomic mass is 9.94. The summed E-state index contributed by atoms with van der Waals surface area (Å²) in [7, 11) is 4.02. The number of likely N-dealkylation sites (N-methyl/N-ethyl adjacent to an activating group) is 1. The highest BCUT2D eigenvalue weighted by Crippen LogP contribution is 2.43. The van der Waals surface area contributed by atoms with E-state index in [-0.39, 0.29) is 0 Å². The molecule has 0 atom stereocenters. The lowest BCUT2D eigenvalue weighted by molar-refractivity contribution is 0.261. The Bertz CT molecular complexity index is 1210.